The summed E-state index contributed by atoms with van der Waals surface area (Å²) in [6.07, 6.45) is 0. The maximum atomic E-state index is 12.5. The van der Waals surface area contributed by atoms with Crippen molar-refractivity contribution in [3.8, 4) is 0 Å². The Kier molecular flexibility index (Phi) is 6.30. The number of amides is 1. The maximum Gasteiger partial charge on any atom is 0.340 e. The second-order valence-electron chi connectivity index (χ2n) is 6.01. The van der Waals surface area contributed by atoms with E-state index >= 15 is 0 Å². The number of hydrogen-bond acceptors (Lipinski definition) is 5. The lowest BCUT2D eigenvalue weighted by Gasteiger charge is -2.10. The number of rotatable bonds is 6. The van der Waals surface area contributed by atoms with Gasteiger partial charge in [-0.2, -0.15) is 0 Å². The molecule has 26 heavy (non-hydrogen) atoms. The van der Waals surface area contributed by atoms with Gasteiger partial charge in [0.05, 0.1) is 12.2 Å². The van der Waals surface area contributed by atoms with Crippen LogP contribution >= 0.6 is 0 Å². The fraction of sp³-hybridized carbons (Fsp3) is 0.316. The molecular weight excluding hydrogens is 336 g/mol. The number of esters is 1. The molecule has 0 saturated heterocycles. The zero-order valence-electron chi connectivity index (χ0n) is 15.3. The van der Waals surface area contributed by atoms with Gasteiger partial charge in [0.15, 0.2) is 0 Å². The van der Waals surface area contributed by atoms with Crippen molar-refractivity contribution in [3.63, 3.8) is 0 Å². The third-order valence-electron chi connectivity index (χ3n) is 3.70. The highest BCUT2D eigenvalue weighted by Gasteiger charge is 2.18. The van der Waals surface area contributed by atoms with E-state index in [1.807, 2.05) is 19.9 Å². The van der Waals surface area contributed by atoms with Gasteiger partial charge in [-0.05, 0) is 50.1 Å². The van der Waals surface area contributed by atoms with Gasteiger partial charge >= 0.3 is 5.97 Å². The van der Waals surface area contributed by atoms with Gasteiger partial charge in [0, 0.05) is 18.5 Å². The Morgan fingerprint density at radius 1 is 1.00 bits per heavy atom. The van der Waals surface area contributed by atoms with Gasteiger partial charge in [0.1, 0.15) is 12.2 Å². The first-order valence-corrected chi connectivity index (χ1v) is 8.11. The van der Waals surface area contributed by atoms with Crippen molar-refractivity contribution in [1.29, 1.82) is 0 Å². The summed E-state index contributed by atoms with van der Waals surface area (Å²) in [5, 5.41) is 2.69. The van der Waals surface area contributed by atoms with Crippen LogP contribution in [0.4, 0.5) is 5.69 Å². The summed E-state index contributed by atoms with van der Waals surface area (Å²) >= 11 is 0. The molecule has 0 unspecified atom stereocenters. The number of aromatic nitrogens is 1. The van der Waals surface area contributed by atoms with Crippen LogP contribution in [0.3, 0.4) is 0 Å². The molecule has 0 aliphatic rings. The smallest absolute Gasteiger partial charge is 0.340 e. The molecule has 2 rings (SSSR count). The minimum absolute atomic E-state index is 0.0813. The number of aryl methyl sites for hydroxylation is 3. The predicted molar refractivity (Wildman–Crippen MR) is 97.8 cm³/mol. The molecule has 0 aliphatic carbocycles. The molecule has 1 aromatic carbocycles. The highest BCUT2D eigenvalue weighted by molar-refractivity contribution is 6.05. The minimum Gasteiger partial charge on any atom is -0.460 e. The molecule has 7 nitrogen and oxygen atoms in total. The normalized spacial score (nSPS) is 10.5. The molecule has 0 saturated carbocycles. The Hall–Kier alpha value is -2.93. The average molecular weight is 358 g/mol. The largest absolute Gasteiger partial charge is 0.460 e. The molecule has 1 aromatic heterocycles. The van der Waals surface area contributed by atoms with Crippen LogP contribution in [0.1, 0.15) is 37.5 Å². The monoisotopic (exact) mass is 358 g/mol. The van der Waals surface area contributed by atoms with Crippen molar-refractivity contribution in [2.45, 2.75) is 20.8 Å². The van der Waals surface area contributed by atoms with E-state index in [2.05, 4.69) is 10.3 Å². The van der Waals surface area contributed by atoms with Crippen molar-refractivity contribution >= 4 is 17.6 Å². The second kappa shape index (κ2) is 8.44. The predicted octanol–water partition coefficient (Wildman–Crippen LogP) is 2.36. The molecule has 0 fully saturated rings. The fourth-order valence-corrected chi connectivity index (χ4v) is 2.54. The van der Waals surface area contributed by atoms with Gasteiger partial charge in [-0.25, -0.2) is 4.79 Å². The van der Waals surface area contributed by atoms with Crippen LogP contribution in [0.25, 0.3) is 0 Å². The first-order chi connectivity index (χ1) is 12.3. The van der Waals surface area contributed by atoms with Gasteiger partial charge in [0.2, 0.25) is 0 Å². The van der Waals surface area contributed by atoms with Crippen LogP contribution in [-0.4, -0.2) is 37.2 Å². The van der Waals surface area contributed by atoms with Gasteiger partial charge in [-0.3, -0.25) is 9.59 Å². The minimum atomic E-state index is -0.628. The van der Waals surface area contributed by atoms with E-state index in [0.717, 1.165) is 11.1 Å². The molecule has 7 heteroatoms. The van der Waals surface area contributed by atoms with E-state index in [1.54, 1.807) is 19.1 Å². The molecule has 0 bridgehead atoms. The molecule has 2 aromatic rings. The van der Waals surface area contributed by atoms with E-state index in [4.69, 9.17) is 9.47 Å². The standard InChI is InChI=1S/C19H22N2O5/c1-11-7-12(2)9-14(8-11)21-18(23)16-10-15(13(3)20-17(16)22)19(24)26-6-5-25-4/h7-10H,5-6H2,1-4H3,(H,20,22)(H,21,23). The van der Waals surface area contributed by atoms with E-state index in [1.165, 1.54) is 13.2 Å². The van der Waals surface area contributed by atoms with Crippen LogP contribution < -0.4 is 10.9 Å². The summed E-state index contributed by atoms with van der Waals surface area (Å²) in [5.41, 5.74) is 2.29. The molecule has 2 N–H and O–H groups in total. The summed E-state index contributed by atoms with van der Waals surface area (Å²) in [4.78, 5) is 39.3. The number of carbonyl (C=O) groups is 2. The topological polar surface area (TPSA) is 97.5 Å². The summed E-state index contributed by atoms with van der Waals surface area (Å²) in [6, 6.07) is 6.82. The Bertz CT molecular complexity index is 866. The van der Waals surface area contributed by atoms with Crippen molar-refractivity contribution < 1.29 is 19.1 Å². The molecule has 1 heterocycles. The Morgan fingerprint density at radius 2 is 1.65 bits per heavy atom. The Labute approximate surface area is 151 Å². The third kappa shape index (κ3) is 4.80. The maximum absolute atomic E-state index is 12.5. The Balaban J connectivity index is 2.27. The number of carbonyl (C=O) groups excluding carboxylic acids is 2. The number of ether oxygens (including phenoxy) is 2. The first kappa shape index (κ1) is 19.4. The van der Waals surface area contributed by atoms with Crippen LogP contribution in [0.2, 0.25) is 0 Å². The number of hydrogen-bond donors (Lipinski definition) is 2. The summed E-state index contributed by atoms with van der Waals surface area (Å²) < 4.78 is 9.88. The van der Waals surface area contributed by atoms with Crippen molar-refractivity contribution in [2.75, 3.05) is 25.6 Å². The summed E-state index contributed by atoms with van der Waals surface area (Å²) in [6.45, 7) is 5.73. The third-order valence-corrected chi connectivity index (χ3v) is 3.70. The molecule has 1 amide bonds. The molecule has 0 aliphatic heterocycles. The summed E-state index contributed by atoms with van der Waals surface area (Å²) in [5.74, 6) is -1.22. The number of nitrogens with one attached hydrogen (secondary N) is 2. The molecule has 0 radical (unpaired) electrons. The van der Waals surface area contributed by atoms with Crippen LogP contribution in [0, 0.1) is 20.8 Å². The van der Waals surface area contributed by atoms with Crippen LogP contribution in [-0.2, 0) is 9.47 Å². The van der Waals surface area contributed by atoms with Crippen molar-refractivity contribution in [1.82, 2.24) is 4.98 Å². The molecule has 0 spiro atoms. The quantitative estimate of drug-likeness (QED) is 0.610. The van der Waals surface area contributed by atoms with E-state index in [0.29, 0.717) is 11.4 Å². The van der Waals surface area contributed by atoms with Gasteiger partial charge in [-0.15, -0.1) is 0 Å². The number of H-pyrrole nitrogens is 1. The van der Waals surface area contributed by atoms with E-state index in [-0.39, 0.29) is 24.3 Å². The number of methoxy groups -OCH3 is 1. The Morgan fingerprint density at radius 3 is 2.27 bits per heavy atom. The lowest BCUT2D eigenvalue weighted by Crippen LogP contribution is -2.26. The summed E-state index contributed by atoms with van der Waals surface area (Å²) in [7, 11) is 1.49. The van der Waals surface area contributed by atoms with Crippen molar-refractivity contribution in [2.24, 2.45) is 0 Å². The highest BCUT2D eigenvalue weighted by Crippen LogP contribution is 2.15. The first-order valence-electron chi connectivity index (χ1n) is 8.11. The van der Waals surface area contributed by atoms with Gasteiger partial charge < -0.3 is 19.8 Å². The highest BCUT2D eigenvalue weighted by atomic mass is 16.6. The average Bonchev–Trinajstić information content (AvgIpc) is 2.53. The fourth-order valence-electron chi connectivity index (χ4n) is 2.54. The zero-order chi connectivity index (χ0) is 19.3. The zero-order valence-corrected chi connectivity index (χ0v) is 15.3. The van der Waals surface area contributed by atoms with Gasteiger partial charge in [-0.1, -0.05) is 6.07 Å². The SMILES string of the molecule is COCCOC(=O)c1cc(C(=O)Nc2cc(C)cc(C)c2)c(=O)[nH]c1C. The molecule has 138 valence electrons. The molecule has 0 atom stereocenters. The van der Waals surface area contributed by atoms with Crippen molar-refractivity contribution in [3.05, 3.63) is 62.6 Å². The number of benzene rings is 1. The number of aromatic amines is 1. The number of anilines is 1. The van der Waals surface area contributed by atoms with Gasteiger partial charge in [0.25, 0.3) is 11.5 Å². The molecular formula is C19H22N2O5. The van der Waals surface area contributed by atoms with E-state index in [9.17, 15) is 14.4 Å². The van der Waals surface area contributed by atoms with E-state index < -0.39 is 17.4 Å². The van der Waals surface area contributed by atoms with Crippen LogP contribution in [0.15, 0.2) is 29.1 Å². The lowest BCUT2D eigenvalue weighted by molar-refractivity contribution is 0.0386. The number of pyridine rings is 1. The lowest BCUT2D eigenvalue weighted by atomic mass is 10.1. The second-order valence-corrected chi connectivity index (χ2v) is 6.01. The van der Waals surface area contributed by atoms with Crippen LogP contribution in [0.5, 0.6) is 0 Å².